The summed E-state index contributed by atoms with van der Waals surface area (Å²) in [4.78, 5) is 5.25. The van der Waals surface area contributed by atoms with E-state index in [1.807, 2.05) is 0 Å². The zero-order valence-electron chi connectivity index (χ0n) is 10.0. The lowest BCUT2D eigenvalue weighted by atomic mass is 10.1. The number of rotatable bonds is 3. The number of piperazine rings is 1. The second-order valence-electron chi connectivity index (χ2n) is 5.21. The first kappa shape index (κ1) is 11.2. The van der Waals surface area contributed by atoms with Gasteiger partial charge < -0.3 is 0 Å². The molecule has 1 aliphatic heterocycles. The van der Waals surface area contributed by atoms with E-state index in [0.717, 1.165) is 12.6 Å². The molecule has 1 saturated heterocycles. The fourth-order valence-corrected chi connectivity index (χ4v) is 2.94. The quantitative estimate of drug-likeness (QED) is 0.656. The van der Waals surface area contributed by atoms with Gasteiger partial charge in [-0.25, -0.2) is 0 Å². The van der Waals surface area contributed by atoms with E-state index in [-0.39, 0.29) is 0 Å². The summed E-state index contributed by atoms with van der Waals surface area (Å²) in [5.41, 5.74) is 1.30. The van der Waals surface area contributed by atoms with Gasteiger partial charge in [0.25, 0.3) is 0 Å². The van der Waals surface area contributed by atoms with Crippen molar-refractivity contribution in [3.63, 3.8) is 0 Å². The summed E-state index contributed by atoms with van der Waals surface area (Å²) in [7, 11) is 0. The maximum Gasteiger partial charge on any atom is 0.0188 e. The van der Waals surface area contributed by atoms with Gasteiger partial charge in [0, 0.05) is 38.8 Å². The van der Waals surface area contributed by atoms with E-state index in [1.54, 1.807) is 0 Å². The van der Waals surface area contributed by atoms with Gasteiger partial charge in [-0.1, -0.05) is 25.0 Å². The molecule has 0 aromatic carbocycles. The minimum absolute atomic E-state index is 0.914. The van der Waals surface area contributed by atoms with Crippen LogP contribution in [0, 0.1) is 0 Å². The molecule has 15 heavy (non-hydrogen) atoms. The Morgan fingerprint density at radius 3 is 2.27 bits per heavy atom. The molecule has 2 nitrogen and oxygen atoms in total. The summed E-state index contributed by atoms with van der Waals surface area (Å²) in [6, 6.07) is 0.914. The van der Waals surface area contributed by atoms with Gasteiger partial charge in [0.2, 0.25) is 0 Å². The molecular formula is C13H24N2. The molecule has 0 aromatic rings. The predicted molar refractivity (Wildman–Crippen MR) is 65.1 cm³/mol. The summed E-state index contributed by atoms with van der Waals surface area (Å²) in [5, 5.41) is 0. The first-order valence-corrected chi connectivity index (χ1v) is 6.36. The van der Waals surface area contributed by atoms with Crippen molar-refractivity contribution < 1.29 is 0 Å². The Morgan fingerprint density at radius 2 is 1.73 bits per heavy atom. The molecule has 0 amide bonds. The molecule has 0 radical (unpaired) electrons. The van der Waals surface area contributed by atoms with Crippen LogP contribution < -0.4 is 0 Å². The molecule has 0 atom stereocenters. The van der Waals surface area contributed by atoms with Crippen LogP contribution in [0.2, 0.25) is 0 Å². The molecule has 0 bridgehead atoms. The minimum Gasteiger partial charge on any atom is -0.298 e. The maximum absolute atomic E-state index is 3.99. The Labute approximate surface area is 93.9 Å². The zero-order chi connectivity index (χ0) is 10.7. The molecule has 0 spiro atoms. The molecule has 1 saturated carbocycles. The third kappa shape index (κ3) is 3.05. The van der Waals surface area contributed by atoms with Gasteiger partial charge in [0.1, 0.15) is 0 Å². The van der Waals surface area contributed by atoms with Crippen LogP contribution in [0.25, 0.3) is 0 Å². The van der Waals surface area contributed by atoms with Gasteiger partial charge in [0.05, 0.1) is 0 Å². The summed E-state index contributed by atoms with van der Waals surface area (Å²) in [6.07, 6.45) is 5.80. The fraction of sp³-hybridized carbons (Fsp3) is 0.846. The Hall–Kier alpha value is -0.340. The normalized spacial score (nSPS) is 25.9. The average Bonchev–Trinajstić information content (AvgIpc) is 2.71. The maximum atomic E-state index is 3.99. The Bertz CT molecular complexity index is 211. The van der Waals surface area contributed by atoms with Crippen LogP contribution in [-0.2, 0) is 0 Å². The number of hydrogen-bond acceptors (Lipinski definition) is 2. The van der Waals surface area contributed by atoms with Crippen molar-refractivity contribution in [2.75, 3.05) is 32.7 Å². The molecular weight excluding hydrogens is 184 g/mol. The van der Waals surface area contributed by atoms with Crippen LogP contribution in [0.15, 0.2) is 12.2 Å². The summed E-state index contributed by atoms with van der Waals surface area (Å²) >= 11 is 0. The van der Waals surface area contributed by atoms with Crippen molar-refractivity contribution in [1.82, 2.24) is 9.80 Å². The molecule has 2 heteroatoms. The van der Waals surface area contributed by atoms with Crippen LogP contribution in [0.1, 0.15) is 32.6 Å². The van der Waals surface area contributed by atoms with Gasteiger partial charge in [-0.15, -0.1) is 0 Å². The van der Waals surface area contributed by atoms with Crippen LogP contribution in [0.5, 0.6) is 0 Å². The van der Waals surface area contributed by atoms with Crippen LogP contribution >= 0.6 is 0 Å². The highest BCUT2D eigenvalue weighted by atomic mass is 15.3. The van der Waals surface area contributed by atoms with Gasteiger partial charge in [0.15, 0.2) is 0 Å². The van der Waals surface area contributed by atoms with Gasteiger partial charge in [-0.2, -0.15) is 0 Å². The monoisotopic (exact) mass is 208 g/mol. The van der Waals surface area contributed by atoms with Crippen molar-refractivity contribution in [3.8, 4) is 0 Å². The second-order valence-corrected chi connectivity index (χ2v) is 5.21. The van der Waals surface area contributed by atoms with Gasteiger partial charge in [-0.05, 0) is 19.8 Å². The lowest BCUT2D eigenvalue weighted by molar-refractivity contribution is 0.104. The first-order chi connectivity index (χ1) is 7.25. The van der Waals surface area contributed by atoms with Crippen molar-refractivity contribution >= 4 is 0 Å². The van der Waals surface area contributed by atoms with E-state index in [4.69, 9.17) is 0 Å². The van der Waals surface area contributed by atoms with E-state index in [0.29, 0.717) is 0 Å². The lowest BCUT2D eigenvalue weighted by Crippen LogP contribution is -2.49. The molecule has 2 fully saturated rings. The Morgan fingerprint density at radius 1 is 1.13 bits per heavy atom. The molecule has 0 N–H and O–H groups in total. The third-order valence-corrected chi connectivity index (χ3v) is 3.74. The topological polar surface area (TPSA) is 6.48 Å². The highest BCUT2D eigenvalue weighted by Crippen LogP contribution is 2.24. The van der Waals surface area contributed by atoms with Gasteiger partial charge in [-0.3, -0.25) is 9.80 Å². The van der Waals surface area contributed by atoms with E-state index in [9.17, 15) is 0 Å². The lowest BCUT2D eigenvalue weighted by Gasteiger charge is -2.38. The molecule has 2 rings (SSSR count). The fourth-order valence-electron chi connectivity index (χ4n) is 2.94. The van der Waals surface area contributed by atoms with Crippen molar-refractivity contribution in [2.24, 2.45) is 0 Å². The summed E-state index contributed by atoms with van der Waals surface area (Å²) in [6.45, 7) is 12.2. The number of nitrogens with zero attached hydrogens (tertiary/aromatic N) is 2. The van der Waals surface area contributed by atoms with E-state index >= 15 is 0 Å². The van der Waals surface area contributed by atoms with Crippen molar-refractivity contribution in [2.45, 2.75) is 38.6 Å². The summed E-state index contributed by atoms with van der Waals surface area (Å²) < 4.78 is 0. The highest BCUT2D eigenvalue weighted by Gasteiger charge is 2.25. The molecule has 1 aliphatic carbocycles. The number of hydrogen-bond donors (Lipinski definition) is 0. The summed E-state index contributed by atoms with van der Waals surface area (Å²) in [5.74, 6) is 0. The first-order valence-electron chi connectivity index (χ1n) is 6.36. The minimum atomic E-state index is 0.914. The highest BCUT2D eigenvalue weighted by molar-refractivity contribution is 4.93. The SMILES string of the molecule is C=C(C)CN1CCN(C2CCCC2)CC1. The average molecular weight is 208 g/mol. The third-order valence-electron chi connectivity index (χ3n) is 3.74. The van der Waals surface area contributed by atoms with Crippen molar-refractivity contribution in [3.05, 3.63) is 12.2 Å². The molecule has 0 aromatic heterocycles. The van der Waals surface area contributed by atoms with E-state index in [1.165, 1.54) is 57.4 Å². The zero-order valence-corrected chi connectivity index (χ0v) is 10.0. The molecule has 86 valence electrons. The predicted octanol–water partition coefficient (Wildman–Crippen LogP) is 2.12. The largest absolute Gasteiger partial charge is 0.298 e. The van der Waals surface area contributed by atoms with E-state index < -0.39 is 0 Å². The van der Waals surface area contributed by atoms with Crippen LogP contribution in [0.3, 0.4) is 0 Å². The van der Waals surface area contributed by atoms with Crippen LogP contribution in [0.4, 0.5) is 0 Å². The van der Waals surface area contributed by atoms with Crippen molar-refractivity contribution in [1.29, 1.82) is 0 Å². The smallest absolute Gasteiger partial charge is 0.0188 e. The standard InChI is InChI=1S/C13H24N2/c1-12(2)11-14-7-9-15(10-8-14)13-5-3-4-6-13/h13H,1,3-11H2,2H3. The molecule has 0 unspecified atom stereocenters. The molecule has 1 heterocycles. The van der Waals surface area contributed by atoms with Crippen LogP contribution in [-0.4, -0.2) is 48.6 Å². The van der Waals surface area contributed by atoms with Gasteiger partial charge >= 0.3 is 0 Å². The molecule has 2 aliphatic rings. The Kier molecular flexibility index (Phi) is 3.81. The Balaban J connectivity index is 1.73. The second kappa shape index (κ2) is 5.13. The van der Waals surface area contributed by atoms with E-state index in [2.05, 4.69) is 23.3 Å².